The molecule has 0 bridgehead atoms. The van der Waals surface area contributed by atoms with Crippen LogP contribution in [0.4, 0.5) is 23.7 Å². The third-order valence-electron chi connectivity index (χ3n) is 3.11. The molecule has 1 aromatic carbocycles. The number of ether oxygens (including phenoxy) is 1. The molecule has 21 heavy (non-hydrogen) atoms. The highest BCUT2D eigenvalue weighted by molar-refractivity contribution is 5.89. The van der Waals surface area contributed by atoms with E-state index >= 15 is 0 Å². The van der Waals surface area contributed by atoms with Gasteiger partial charge in [0.05, 0.1) is 23.9 Å². The van der Waals surface area contributed by atoms with Crippen LogP contribution in [0.5, 0.6) is 0 Å². The van der Waals surface area contributed by atoms with Crippen LogP contribution in [0.2, 0.25) is 0 Å². The molecule has 0 aliphatic carbocycles. The molecule has 0 unspecified atom stereocenters. The van der Waals surface area contributed by atoms with Crippen LogP contribution in [0.25, 0.3) is 0 Å². The zero-order chi connectivity index (χ0) is 15.8. The lowest BCUT2D eigenvalue weighted by Crippen LogP contribution is -2.54. The van der Waals surface area contributed by atoms with E-state index in [0.717, 1.165) is 0 Å². The highest BCUT2D eigenvalue weighted by Gasteiger charge is 2.34. The first-order chi connectivity index (χ1) is 9.68. The largest absolute Gasteiger partial charge is 0.369 e. The SMILES string of the molecule is C[C@@H]1CN(C(=O)Nc2cc(F)c(F)cc2F)CC(C)(C)O1. The molecule has 1 heterocycles. The van der Waals surface area contributed by atoms with Gasteiger partial charge in [-0.25, -0.2) is 18.0 Å². The molecule has 7 heteroatoms. The van der Waals surface area contributed by atoms with Crippen molar-refractivity contribution in [3.63, 3.8) is 0 Å². The van der Waals surface area contributed by atoms with Crippen LogP contribution in [0.3, 0.4) is 0 Å². The molecule has 2 amide bonds. The molecule has 2 rings (SSSR count). The summed E-state index contributed by atoms with van der Waals surface area (Å²) in [4.78, 5) is 13.6. The van der Waals surface area contributed by atoms with E-state index < -0.39 is 34.8 Å². The lowest BCUT2D eigenvalue weighted by molar-refractivity contribution is -0.116. The van der Waals surface area contributed by atoms with Crippen LogP contribution in [-0.2, 0) is 4.74 Å². The minimum Gasteiger partial charge on any atom is -0.369 e. The maximum absolute atomic E-state index is 13.5. The van der Waals surface area contributed by atoms with E-state index in [-0.39, 0.29) is 6.10 Å². The fraction of sp³-hybridized carbons (Fsp3) is 0.500. The Labute approximate surface area is 120 Å². The second kappa shape index (κ2) is 5.55. The number of benzene rings is 1. The molecule has 1 aliphatic heterocycles. The van der Waals surface area contributed by atoms with Crippen molar-refractivity contribution in [1.29, 1.82) is 0 Å². The minimum absolute atomic E-state index is 0.172. The highest BCUT2D eigenvalue weighted by Crippen LogP contribution is 2.23. The summed E-state index contributed by atoms with van der Waals surface area (Å²) < 4.78 is 45.1. The molecule has 1 atom stereocenters. The summed E-state index contributed by atoms with van der Waals surface area (Å²) in [5, 5.41) is 2.26. The fourth-order valence-corrected chi connectivity index (χ4v) is 2.42. The molecule has 116 valence electrons. The van der Waals surface area contributed by atoms with Gasteiger partial charge in [0.15, 0.2) is 11.6 Å². The van der Waals surface area contributed by atoms with Gasteiger partial charge in [-0.15, -0.1) is 0 Å². The van der Waals surface area contributed by atoms with Gasteiger partial charge in [-0.05, 0) is 20.8 Å². The molecular formula is C14H17F3N2O2. The van der Waals surface area contributed by atoms with E-state index in [4.69, 9.17) is 4.74 Å². The third-order valence-corrected chi connectivity index (χ3v) is 3.11. The molecule has 1 N–H and O–H groups in total. The van der Waals surface area contributed by atoms with Gasteiger partial charge in [0.1, 0.15) is 5.82 Å². The van der Waals surface area contributed by atoms with Crippen LogP contribution in [-0.4, -0.2) is 35.7 Å². The van der Waals surface area contributed by atoms with Crippen molar-refractivity contribution in [2.75, 3.05) is 18.4 Å². The number of halogens is 3. The Morgan fingerprint density at radius 1 is 1.29 bits per heavy atom. The summed E-state index contributed by atoms with van der Waals surface area (Å²) in [6.07, 6.45) is -0.172. The molecule has 1 saturated heterocycles. The maximum atomic E-state index is 13.5. The first-order valence-electron chi connectivity index (χ1n) is 6.56. The molecule has 1 fully saturated rings. The summed E-state index contributed by atoms with van der Waals surface area (Å²) >= 11 is 0. The second-order valence-electron chi connectivity index (χ2n) is 5.74. The predicted molar refractivity (Wildman–Crippen MR) is 71.5 cm³/mol. The van der Waals surface area contributed by atoms with Gasteiger partial charge >= 0.3 is 6.03 Å². The number of hydrogen-bond acceptors (Lipinski definition) is 2. The van der Waals surface area contributed by atoms with Gasteiger partial charge in [0, 0.05) is 18.7 Å². The lowest BCUT2D eigenvalue weighted by Gasteiger charge is -2.41. The molecule has 1 aromatic rings. The Balaban J connectivity index is 2.13. The Morgan fingerprint density at radius 3 is 2.52 bits per heavy atom. The molecule has 4 nitrogen and oxygen atoms in total. The van der Waals surface area contributed by atoms with Gasteiger partial charge < -0.3 is 15.0 Å². The van der Waals surface area contributed by atoms with E-state index in [0.29, 0.717) is 25.2 Å². The average molecular weight is 302 g/mol. The van der Waals surface area contributed by atoms with Crippen molar-refractivity contribution < 1.29 is 22.7 Å². The number of anilines is 1. The standard InChI is InChI=1S/C14H17F3N2O2/c1-8-6-19(7-14(2,3)21-8)13(20)18-12-5-10(16)9(15)4-11(12)17/h4-5,8H,6-7H2,1-3H3,(H,18,20)/t8-/m1/s1. The molecule has 0 aromatic heterocycles. The molecule has 0 radical (unpaired) electrons. The van der Waals surface area contributed by atoms with E-state index in [9.17, 15) is 18.0 Å². The van der Waals surface area contributed by atoms with Crippen LogP contribution >= 0.6 is 0 Å². The first-order valence-corrected chi connectivity index (χ1v) is 6.56. The van der Waals surface area contributed by atoms with E-state index in [1.807, 2.05) is 20.8 Å². The van der Waals surface area contributed by atoms with Crippen molar-refractivity contribution in [3.05, 3.63) is 29.6 Å². The summed E-state index contributed by atoms with van der Waals surface area (Å²) in [7, 11) is 0. The summed E-state index contributed by atoms with van der Waals surface area (Å²) in [6, 6.07) is 0.442. The van der Waals surface area contributed by atoms with Crippen LogP contribution in [0, 0.1) is 17.5 Å². The highest BCUT2D eigenvalue weighted by atomic mass is 19.2. The number of rotatable bonds is 1. The van der Waals surface area contributed by atoms with E-state index in [1.165, 1.54) is 4.90 Å². The first kappa shape index (κ1) is 15.6. The summed E-state index contributed by atoms with van der Waals surface area (Å²) in [5.41, 5.74) is -0.919. The number of carbonyl (C=O) groups is 1. The number of carbonyl (C=O) groups excluding carboxylic acids is 1. The number of amides is 2. The van der Waals surface area contributed by atoms with Gasteiger partial charge in [0.2, 0.25) is 0 Å². The number of hydrogen-bond donors (Lipinski definition) is 1. The smallest absolute Gasteiger partial charge is 0.322 e. The third kappa shape index (κ3) is 3.66. The van der Waals surface area contributed by atoms with Crippen molar-refractivity contribution in [2.24, 2.45) is 0 Å². The summed E-state index contributed by atoms with van der Waals surface area (Å²) in [6.45, 7) is 6.14. The average Bonchev–Trinajstić information content (AvgIpc) is 2.33. The normalized spacial score (nSPS) is 21.2. The number of nitrogens with one attached hydrogen (secondary N) is 1. The monoisotopic (exact) mass is 302 g/mol. The van der Waals surface area contributed by atoms with Crippen molar-refractivity contribution in [3.8, 4) is 0 Å². The quantitative estimate of drug-likeness (QED) is 0.810. The molecular weight excluding hydrogens is 285 g/mol. The van der Waals surface area contributed by atoms with Crippen molar-refractivity contribution in [1.82, 2.24) is 4.90 Å². The van der Waals surface area contributed by atoms with Gasteiger partial charge in [0.25, 0.3) is 0 Å². The zero-order valence-electron chi connectivity index (χ0n) is 12.0. The van der Waals surface area contributed by atoms with Crippen LogP contribution in [0.15, 0.2) is 12.1 Å². The van der Waals surface area contributed by atoms with Crippen molar-refractivity contribution >= 4 is 11.7 Å². The van der Waals surface area contributed by atoms with Gasteiger partial charge in [-0.2, -0.15) is 0 Å². The van der Waals surface area contributed by atoms with Crippen molar-refractivity contribution in [2.45, 2.75) is 32.5 Å². The molecule has 0 spiro atoms. The predicted octanol–water partition coefficient (Wildman–Crippen LogP) is 3.14. The number of urea groups is 1. The number of morpholine rings is 1. The van der Waals surface area contributed by atoms with Crippen LogP contribution < -0.4 is 5.32 Å². The Bertz CT molecular complexity index is 563. The van der Waals surface area contributed by atoms with Crippen LogP contribution in [0.1, 0.15) is 20.8 Å². The molecule has 1 aliphatic rings. The number of nitrogens with zero attached hydrogens (tertiary/aromatic N) is 1. The van der Waals surface area contributed by atoms with Gasteiger partial charge in [-0.1, -0.05) is 0 Å². The second-order valence-corrected chi connectivity index (χ2v) is 5.74. The molecule has 0 saturated carbocycles. The van der Waals surface area contributed by atoms with Gasteiger partial charge in [-0.3, -0.25) is 0 Å². The Kier molecular flexibility index (Phi) is 4.13. The summed E-state index contributed by atoms with van der Waals surface area (Å²) in [5.74, 6) is -3.54. The van der Waals surface area contributed by atoms with E-state index in [2.05, 4.69) is 5.32 Å². The van der Waals surface area contributed by atoms with E-state index in [1.54, 1.807) is 0 Å². The Morgan fingerprint density at radius 2 is 1.90 bits per heavy atom. The fourth-order valence-electron chi connectivity index (χ4n) is 2.42. The Hall–Kier alpha value is -1.76. The maximum Gasteiger partial charge on any atom is 0.322 e. The minimum atomic E-state index is -1.30. The zero-order valence-corrected chi connectivity index (χ0v) is 12.0. The topological polar surface area (TPSA) is 41.6 Å². The lowest BCUT2D eigenvalue weighted by atomic mass is 10.1.